The summed E-state index contributed by atoms with van der Waals surface area (Å²) in [7, 11) is 0. The lowest BCUT2D eigenvalue weighted by Crippen LogP contribution is -2.44. The van der Waals surface area contributed by atoms with E-state index < -0.39 is 5.60 Å². The van der Waals surface area contributed by atoms with E-state index >= 15 is 0 Å². The van der Waals surface area contributed by atoms with Crippen molar-refractivity contribution in [1.82, 2.24) is 25.3 Å². The molecule has 1 atom stereocenters. The smallest absolute Gasteiger partial charge is 0.410 e. The van der Waals surface area contributed by atoms with Crippen LogP contribution in [-0.2, 0) is 11.3 Å². The van der Waals surface area contributed by atoms with Crippen molar-refractivity contribution in [2.24, 2.45) is 10.9 Å². The van der Waals surface area contributed by atoms with Crippen LogP contribution in [0.2, 0.25) is 0 Å². The van der Waals surface area contributed by atoms with Gasteiger partial charge in [-0.1, -0.05) is 0 Å². The van der Waals surface area contributed by atoms with Gasteiger partial charge >= 0.3 is 6.09 Å². The summed E-state index contributed by atoms with van der Waals surface area (Å²) >= 11 is 0. The van der Waals surface area contributed by atoms with E-state index in [0.717, 1.165) is 51.4 Å². The summed E-state index contributed by atoms with van der Waals surface area (Å²) < 4.78 is 7.43. The molecule has 0 spiro atoms. The molecule has 9 heteroatoms. The lowest BCUT2D eigenvalue weighted by atomic mass is 9.98. The molecule has 1 unspecified atom stereocenters. The monoisotopic (exact) mass is 520 g/mol. The van der Waals surface area contributed by atoms with Crippen LogP contribution >= 0.6 is 24.0 Å². The SMILES string of the molecule is CCNC(=NCC1CCCN(C(=O)OC(C)(C)C)C1)NCCCn1cccn1.I. The highest BCUT2D eigenvalue weighted by Crippen LogP contribution is 2.19. The van der Waals surface area contributed by atoms with Crippen molar-refractivity contribution in [3.63, 3.8) is 0 Å². The van der Waals surface area contributed by atoms with E-state index in [-0.39, 0.29) is 30.1 Å². The summed E-state index contributed by atoms with van der Waals surface area (Å²) in [5.41, 5.74) is -0.458. The highest BCUT2D eigenvalue weighted by atomic mass is 127. The fraction of sp³-hybridized carbons (Fsp3) is 0.750. The van der Waals surface area contributed by atoms with Crippen molar-refractivity contribution in [2.75, 3.05) is 32.7 Å². The molecule has 2 rings (SSSR count). The van der Waals surface area contributed by atoms with Gasteiger partial charge in [0.25, 0.3) is 0 Å². The second-order valence-corrected chi connectivity index (χ2v) is 8.20. The van der Waals surface area contributed by atoms with Gasteiger partial charge in [-0.2, -0.15) is 5.10 Å². The quantitative estimate of drug-likeness (QED) is 0.250. The molecule has 0 aliphatic carbocycles. The zero-order chi connectivity index (χ0) is 20.4. The van der Waals surface area contributed by atoms with Gasteiger partial charge in [0.1, 0.15) is 5.60 Å². The Bertz CT molecular complexity index is 615. The Labute approximate surface area is 191 Å². The first kappa shape index (κ1) is 25.5. The number of hydrogen-bond donors (Lipinski definition) is 2. The van der Waals surface area contributed by atoms with Crippen LogP contribution in [0.3, 0.4) is 0 Å². The van der Waals surface area contributed by atoms with Crippen molar-refractivity contribution >= 4 is 36.0 Å². The maximum absolute atomic E-state index is 12.3. The van der Waals surface area contributed by atoms with Crippen molar-refractivity contribution < 1.29 is 9.53 Å². The summed E-state index contributed by atoms with van der Waals surface area (Å²) in [5, 5.41) is 10.9. The summed E-state index contributed by atoms with van der Waals surface area (Å²) in [5.74, 6) is 1.19. The van der Waals surface area contributed by atoms with Crippen LogP contribution in [0.25, 0.3) is 0 Å². The third kappa shape index (κ3) is 10.2. The fourth-order valence-corrected chi connectivity index (χ4v) is 3.15. The molecule has 0 bridgehead atoms. The first-order valence-corrected chi connectivity index (χ1v) is 10.3. The number of aromatic nitrogens is 2. The molecule has 1 amide bonds. The van der Waals surface area contributed by atoms with Crippen LogP contribution in [0.15, 0.2) is 23.5 Å². The topological polar surface area (TPSA) is 83.8 Å². The number of aryl methyl sites for hydroxylation is 1. The van der Waals surface area contributed by atoms with Crippen LogP contribution in [0.4, 0.5) is 4.79 Å². The molecule has 1 fully saturated rings. The molecule has 0 radical (unpaired) electrons. The van der Waals surface area contributed by atoms with Crippen molar-refractivity contribution in [1.29, 1.82) is 0 Å². The van der Waals surface area contributed by atoms with Gasteiger partial charge in [0.2, 0.25) is 0 Å². The van der Waals surface area contributed by atoms with Gasteiger partial charge in [-0.3, -0.25) is 9.67 Å². The van der Waals surface area contributed by atoms with E-state index in [1.807, 2.05) is 42.6 Å². The Hall–Kier alpha value is -1.52. The maximum atomic E-state index is 12.3. The number of nitrogens with one attached hydrogen (secondary N) is 2. The lowest BCUT2D eigenvalue weighted by molar-refractivity contribution is 0.0170. The van der Waals surface area contributed by atoms with Gasteiger partial charge in [-0.25, -0.2) is 4.79 Å². The number of hydrogen-bond acceptors (Lipinski definition) is 4. The number of likely N-dealkylation sites (tertiary alicyclic amines) is 1. The average molecular weight is 520 g/mol. The van der Waals surface area contributed by atoms with Crippen molar-refractivity contribution in [3.8, 4) is 0 Å². The molecule has 0 aromatic carbocycles. The van der Waals surface area contributed by atoms with E-state index in [0.29, 0.717) is 19.0 Å². The predicted octanol–water partition coefficient (Wildman–Crippen LogP) is 3.09. The standard InChI is InChI=1S/C20H36N6O2.HI/c1-5-21-18(22-10-7-13-26-14-8-11-24-26)23-15-17-9-6-12-25(16-17)19(27)28-20(2,3)4;/h8,11,14,17H,5-7,9-10,12-13,15-16H2,1-4H3,(H2,21,22,23);1H. The molecule has 1 aliphatic heterocycles. The Morgan fingerprint density at radius 1 is 1.34 bits per heavy atom. The van der Waals surface area contributed by atoms with E-state index in [9.17, 15) is 4.79 Å². The Balaban J connectivity index is 0.00000420. The van der Waals surface area contributed by atoms with E-state index in [2.05, 4.69) is 22.7 Å². The zero-order valence-electron chi connectivity index (χ0n) is 18.2. The third-order valence-electron chi connectivity index (χ3n) is 4.44. The molecule has 1 aromatic heterocycles. The molecular formula is C20H37IN6O2. The van der Waals surface area contributed by atoms with Gasteiger partial charge in [0.05, 0.1) is 0 Å². The number of halogens is 1. The highest BCUT2D eigenvalue weighted by molar-refractivity contribution is 14.0. The number of nitrogens with zero attached hydrogens (tertiary/aromatic N) is 4. The van der Waals surface area contributed by atoms with Crippen LogP contribution in [-0.4, -0.2) is 65.1 Å². The van der Waals surface area contributed by atoms with Gasteiger partial charge in [-0.15, -0.1) is 24.0 Å². The van der Waals surface area contributed by atoms with E-state index in [1.54, 1.807) is 6.20 Å². The number of piperidine rings is 1. The average Bonchev–Trinajstić information content (AvgIpc) is 3.15. The van der Waals surface area contributed by atoms with Gasteiger partial charge in [0, 0.05) is 51.7 Å². The fourth-order valence-electron chi connectivity index (χ4n) is 3.15. The van der Waals surface area contributed by atoms with Crippen LogP contribution < -0.4 is 10.6 Å². The molecule has 2 N–H and O–H groups in total. The van der Waals surface area contributed by atoms with Crippen LogP contribution in [0.5, 0.6) is 0 Å². The number of ether oxygens (including phenoxy) is 1. The molecule has 1 aliphatic rings. The summed E-state index contributed by atoms with van der Waals surface area (Å²) in [4.78, 5) is 18.9. The molecule has 8 nitrogen and oxygen atoms in total. The molecule has 29 heavy (non-hydrogen) atoms. The second-order valence-electron chi connectivity index (χ2n) is 8.20. The van der Waals surface area contributed by atoms with Gasteiger partial charge < -0.3 is 20.3 Å². The maximum Gasteiger partial charge on any atom is 0.410 e. The van der Waals surface area contributed by atoms with E-state index in [4.69, 9.17) is 9.73 Å². The van der Waals surface area contributed by atoms with Crippen LogP contribution in [0.1, 0.15) is 47.0 Å². The Kier molecular flexibility index (Phi) is 11.4. The molecule has 1 aromatic rings. The normalized spacial score (nSPS) is 17.4. The number of guanidine groups is 1. The minimum Gasteiger partial charge on any atom is -0.444 e. The van der Waals surface area contributed by atoms with Crippen molar-refractivity contribution in [2.45, 2.75) is 59.1 Å². The molecule has 2 heterocycles. The number of carbonyl (C=O) groups is 1. The van der Waals surface area contributed by atoms with E-state index in [1.165, 1.54) is 0 Å². The minimum absolute atomic E-state index is 0. The summed E-state index contributed by atoms with van der Waals surface area (Å²) in [6.07, 6.45) is 6.60. The lowest BCUT2D eigenvalue weighted by Gasteiger charge is -2.33. The first-order valence-electron chi connectivity index (χ1n) is 10.3. The predicted molar refractivity (Wildman–Crippen MR) is 127 cm³/mol. The summed E-state index contributed by atoms with van der Waals surface area (Å²) in [6, 6.07) is 1.93. The molecule has 0 saturated carbocycles. The van der Waals surface area contributed by atoms with Gasteiger partial charge in [-0.05, 0) is 58.9 Å². The number of amides is 1. The first-order chi connectivity index (χ1) is 13.4. The minimum atomic E-state index is -0.458. The Morgan fingerprint density at radius 3 is 2.79 bits per heavy atom. The summed E-state index contributed by atoms with van der Waals surface area (Å²) in [6.45, 7) is 12.5. The number of carbonyl (C=O) groups excluding carboxylic acids is 1. The molecule has 166 valence electrons. The third-order valence-corrected chi connectivity index (χ3v) is 4.44. The van der Waals surface area contributed by atoms with Crippen molar-refractivity contribution in [3.05, 3.63) is 18.5 Å². The Morgan fingerprint density at radius 2 is 2.14 bits per heavy atom. The second kappa shape index (κ2) is 12.9. The number of rotatable bonds is 7. The zero-order valence-corrected chi connectivity index (χ0v) is 20.5. The highest BCUT2D eigenvalue weighted by Gasteiger charge is 2.27. The van der Waals surface area contributed by atoms with Crippen LogP contribution in [0, 0.1) is 5.92 Å². The van der Waals surface area contributed by atoms with Gasteiger partial charge in [0.15, 0.2) is 5.96 Å². The molecular weight excluding hydrogens is 483 g/mol. The number of aliphatic imine (C=N–C) groups is 1. The largest absolute Gasteiger partial charge is 0.444 e. The molecule has 1 saturated heterocycles.